The summed E-state index contributed by atoms with van der Waals surface area (Å²) in [5.41, 5.74) is 2.49. The van der Waals surface area contributed by atoms with Crippen LogP contribution in [0, 0.1) is 0 Å². The Morgan fingerprint density at radius 3 is 2.27 bits per heavy atom. The number of carbonyl (C=O) groups is 1. The summed E-state index contributed by atoms with van der Waals surface area (Å²) in [5.74, 6) is -0.0254. The quantitative estimate of drug-likeness (QED) is 0.753. The second kappa shape index (κ2) is 6.28. The molecule has 2 heterocycles. The number of rotatable bonds is 3. The lowest BCUT2D eigenvalue weighted by Crippen LogP contribution is -2.38. The van der Waals surface area contributed by atoms with Crippen LogP contribution in [-0.2, 0) is 16.3 Å². The van der Waals surface area contributed by atoms with Crippen molar-refractivity contribution in [2.75, 3.05) is 21.3 Å². The van der Waals surface area contributed by atoms with Crippen molar-refractivity contribution in [3.8, 4) is 0 Å². The minimum absolute atomic E-state index is 0.00839. The Hall–Kier alpha value is -2.05. The maximum atomic E-state index is 13.3. The third-order valence-electron chi connectivity index (χ3n) is 5.11. The molecule has 2 aliphatic heterocycles. The number of halogens is 1. The first-order valence-electron chi connectivity index (χ1n) is 8.57. The molecule has 2 saturated heterocycles. The summed E-state index contributed by atoms with van der Waals surface area (Å²) in [6, 6.07) is 13.7. The van der Waals surface area contributed by atoms with E-state index < -0.39 is 15.9 Å². The van der Waals surface area contributed by atoms with E-state index in [1.54, 1.807) is 34.1 Å². The van der Waals surface area contributed by atoms with E-state index in [0.717, 1.165) is 17.7 Å². The van der Waals surface area contributed by atoms with E-state index in [9.17, 15) is 13.2 Å². The number of para-hydroxylation sites is 1. The molecule has 7 heteroatoms. The summed E-state index contributed by atoms with van der Waals surface area (Å²) >= 11 is 5.97. The van der Waals surface area contributed by atoms with Crippen LogP contribution in [0.15, 0.2) is 48.5 Å². The van der Waals surface area contributed by atoms with Gasteiger partial charge in [0.1, 0.15) is 0 Å². The van der Waals surface area contributed by atoms with Crippen LogP contribution >= 0.6 is 11.6 Å². The molecular formula is C19H19ClN2O3S. The highest BCUT2D eigenvalue weighted by atomic mass is 35.5. The second-order valence-electron chi connectivity index (χ2n) is 6.69. The van der Waals surface area contributed by atoms with Crippen molar-refractivity contribution in [1.29, 1.82) is 0 Å². The first-order chi connectivity index (χ1) is 12.4. The molecule has 0 bridgehead atoms. The number of urea groups is 1. The van der Waals surface area contributed by atoms with Crippen LogP contribution in [0.2, 0.25) is 5.02 Å². The Morgan fingerprint density at radius 1 is 1.00 bits per heavy atom. The Morgan fingerprint density at radius 2 is 1.62 bits per heavy atom. The monoisotopic (exact) mass is 390 g/mol. The maximum absolute atomic E-state index is 13.3. The number of sulfone groups is 1. The lowest BCUT2D eigenvalue weighted by molar-refractivity contribution is 0.255. The molecule has 0 aromatic heterocycles. The molecule has 2 aromatic rings. The van der Waals surface area contributed by atoms with Gasteiger partial charge in [0.2, 0.25) is 0 Å². The van der Waals surface area contributed by atoms with Crippen LogP contribution in [0.5, 0.6) is 0 Å². The topological polar surface area (TPSA) is 57.7 Å². The number of amides is 2. The molecule has 0 aliphatic carbocycles. The zero-order valence-corrected chi connectivity index (χ0v) is 15.9. The molecule has 2 fully saturated rings. The summed E-state index contributed by atoms with van der Waals surface area (Å²) in [6.07, 6.45) is 0.769. The minimum Gasteiger partial charge on any atom is -0.288 e. The van der Waals surface area contributed by atoms with Gasteiger partial charge in [0.15, 0.2) is 9.84 Å². The molecule has 0 saturated carbocycles. The Labute approximate surface area is 158 Å². The van der Waals surface area contributed by atoms with Gasteiger partial charge in [-0.1, -0.05) is 36.7 Å². The summed E-state index contributed by atoms with van der Waals surface area (Å²) in [5, 5.41) is 0.573. The minimum atomic E-state index is -3.20. The van der Waals surface area contributed by atoms with Gasteiger partial charge in [0.25, 0.3) is 0 Å². The fourth-order valence-electron chi connectivity index (χ4n) is 3.93. The number of carbonyl (C=O) groups excluding carboxylic acids is 1. The second-order valence-corrected chi connectivity index (χ2v) is 9.28. The zero-order valence-electron chi connectivity index (χ0n) is 14.3. The first kappa shape index (κ1) is 17.4. The van der Waals surface area contributed by atoms with E-state index in [1.807, 2.05) is 31.2 Å². The number of benzene rings is 2. The Kier molecular flexibility index (Phi) is 4.20. The molecule has 4 rings (SSSR count). The van der Waals surface area contributed by atoms with Gasteiger partial charge in [0.05, 0.1) is 23.6 Å². The van der Waals surface area contributed by atoms with Gasteiger partial charge in [-0.05, 0) is 42.3 Å². The van der Waals surface area contributed by atoms with Crippen LogP contribution < -0.4 is 9.80 Å². The normalized spacial score (nSPS) is 24.2. The SMILES string of the molecule is CCc1ccccc1N1C(=O)N(c2ccc(Cl)cc2)[C@@H]2CS(=O)(=O)C[C@@H]21. The highest BCUT2D eigenvalue weighted by Crippen LogP contribution is 2.39. The van der Waals surface area contributed by atoms with Crippen molar-refractivity contribution in [3.63, 3.8) is 0 Å². The fraction of sp³-hybridized carbons (Fsp3) is 0.316. The molecule has 2 aliphatic rings. The summed E-state index contributed by atoms with van der Waals surface area (Å²) in [6.45, 7) is 2.03. The highest BCUT2D eigenvalue weighted by molar-refractivity contribution is 7.91. The van der Waals surface area contributed by atoms with E-state index in [2.05, 4.69) is 0 Å². The standard InChI is InChI=1S/C19H19ClN2O3S/c1-2-13-5-3-4-6-16(13)22-18-12-26(24,25)11-17(18)21(19(22)23)15-9-7-14(20)8-10-15/h3-10,17-18H,2,11-12H2,1H3/t17-,18+/m1/s1. The third-order valence-corrected chi connectivity index (χ3v) is 7.06. The lowest BCUT2D eigenvalue weighted by Gasteiger charge is -2.24. The number of anilines is 2. The van der Waals surface area contributed by atoms with E-state index in [1.165, 1.54) is 0 Å². The van der Waals surface area contributed by atoms with E-state index in [0.29, 0.717) is 10.7 Å². The summed E-state index contributed by atoms with van der Waals surface area (Å²) in [4.78, 5) is 16.6. The molecule has 5 nitrogen and oxygen atoms in total. The number of hydrogen-bond acceptors (Lipinski definition) is 3. The molecule has 0 unspecified atom stereocenters. The lowest BCUT2D eigenvalue weighted by atomic mass is 10.1. The van der Waals surface area contributed by atoms with Crippen molar-refractivity contribution in [2.24, 2.45) is 0 Å². The van der Waals surface area contributed by atoms with Gasteiger partial charge in [-0.25, -0.2) is 13.2 Å². The largest absolute Gasteiger partial charge is 0.329 e. The van der Waals surface area contributed by atoms with Crippen molar-refractivity contribution < 1.29 is 13.2 Å². The molecule has 136 valence electrons. The Balaban J connectivity index is 1.83. The number of hydrogen-bond donors (Lipinski definition) is 0. The fourth-order valence-corrected chi connectivity index (χ4v) is 5.98. The molecule has 26 heavy (non-hydrogen) atoms. The smallest absolute Gasteiger partial charge is 0.288 e. The van der Waals surface area contributed by atoms with E-state index in [-0.39, 0.29) is 23.6 Å². The van der Waals surface area contributed by atoms with E-state index in [4.69, 9.17) is 11.6 Å². The van der Waals surface area contributed by atoms with Crippen LogP contribution in [0.1, 0.15) is 12.5 Å². The summed E-state index contributed by atoms with van der Waals surface area (Å²) < 4.78 is 24.7. The molecular weight excluding hydrogens is 372 g/mol. The number of aryl methyl sites for hydroxylation is 1. The van der Waals surface area contributed by atoms with Gasteiger partial charge in [-0.15, -0.1) is 0 Å². The van der Waals surface area contributed by atoms with Gasteiger partial charge >= 0.3 is 6.03 Å². The van der Waals surface area contributed by atoms with Crippen molar-refractivity contribution in [3.05, 3.63) is 59.1 Å². The third kappa shape index (κ3) is 2.77. The summed E-state index contributed by atoms with van der Waals surface area (Å²) in [7, 11) is -3.20. The number of nitrogens with zero attached hydrogens (tertiary/aromatic N) is 2. The first-order valence-corrected chi connectivity index (χ1v) is 10.8. The Bertz CT molecular complexity index is 959. The molecule has 2 amide bonds. The van der Waals surface area contributed by atoms with Crippen molar-refractivity contribution >= 4 is 38.8 Å². The molecule has 2 aromatic carbocycles. The van der Waals surface area contributed by atoms with Gasteiger partial charge in [0, 0.05) is 16.4 Å². The van der Waals surface area contributed by atoms with Crippen LogP contribution in [-0.4, -0.2) is 38.0 Å². The van der Waals surface area contributed by atoms with Crippen LogP contribution in [0.3, 0.4) is 0 Å². The number of fused-ring (bicyclic) bond motifs is 1. The van der Waals surface area contributed by atoms with Gasteiger partial charge in [-0.3, -0.25) is 9.80 Å². The van der Waals surface area contributed by atoms with Crippen molar-refractivity contribution in [1.82, 2.24) is 0 Å². The predicted octanol–water partition coefficient (Wildman–Crippen LogP) is 3.51. The van der Waals surface area contributed by atoms with Crippen molar-refractivity contribution in [2.45, 2.75) is 25.4 Å². The van der Waals surface area contributed by atoms with Gasteiger partial charge < -0.3 is 0 Å². The maximum Gasteiger partial charge on any atom is 0.329 e. The molecule has 2 atom stereocenters. The molecule has 0 radical (unpaired) electrons. The molecule has 0 N–H and O–H groups in total. The van der Waals surface area contributed by atoms with Crippen LogP contribution in [0.25, 0.3) is 0 Å². The zero-order chi connectivity index (χ0) is 18.5. The predicted molar refractivity (Wildman–Crippen MR) is 104 cm³/mol. The van der Waals surface area contributed by atoms with E-state index >= 15 is 0 Å². The van der Waals surface area contributed by atoms with Gasteiger partial charge in [-0.2, -0.15) is 0 Å². The average molecular weight is 391 g/mol. The average Bonchev–Trinajstić information content (AvgIpc) is 3.04. The highest BCUT2D eigenvalue weighted by Gasteiger charge is 2.54. The molecule has 0 spiro atoms. The van der Waals surface area contributed by atoms with Crippen LogP contribution in [0.4, 0.5) is 16.2 Å².